The molecule has 0 radical (unpaired) electrons. The van der Waals surface area contributed by atoms with E-state index in [4.69, 9.17) is 23.2 Å². The van der Waals surface area contributed by atoms with Crippen LogP contribution in [0.3, 0.4) is 0 Å². The summed E-state index contributed by atoms with van der Waals surface area (Å²) in [6.45, 7) is 7.31. The molecule has 0 aliphatic carbocycles. The van der Waals surface area contributed by atoms with Crippen LogP contribution in [0.2, 0.25) is 10.0 Å². The predicted octanol–water partition coefficient (Wildman–Crippen LogP) is 5.69. The van der Waals surface area contributed by atoms with Gasteiger partial charge in [-0.2, -0.15) is 0 Å². The lowest BCUT2D eigenvalue weighted by molar-refractivity contribution is -0.139. The molecule has 0 saturated heterocycles. The monoisotopic (exact) mass is 589 g/mol. The van der Waals surface area contributed by atoms with E-state index < -0.39 is 28.5 Å². The minimum absolute atomic E-state index is 0.0166. The standard InChI is InChI=1S/C29H33Cl2N3O4S/c1-20(2)17-32-29(36)22(4)33(18-23-8-5-6-11-27(23)31)28(35)19-34(25-10-7-9-24(30)16-25)39(37,38)26-14-12-21(3)13-15-26/h5-16,20,22H,17-19H2,1-4H3,(H,32,36)/t22-/m0/s1. The summed E-state index contributed by atoms with van der Waals surface area (Å²) in [6.07, 6.45) is 0. The molecule has 0 bridgehead atoms. The molecule has 0 aromatic heterocycles. The summed E-state index contributed by atoms with van der Waals surface area (Å²) in [5.74, 6) is -0.704. The quantitative estimate of drug-likeness (QED) is 0.311. The first kappa shape index (κ1) is 30.5. The number of amides is 2. The van der Waals surface area contributed by atoms with Gasteiger partial charge in [0.2, 0.25) is 11.8 Å². The number of anilines is 1. The minimum atomic E-state index is -4.16. The third-order valence-electron chi connectivity index (χ3n) is 6.13. The first-order valence-electron chi connectivity index (χ1n) is 12.6. The van der Waals surface area contributed by atoms with Crippen molar-refractivity contribution >= 4 is 50.7 Å². The summed E-state index contributed by atoms with van der Waals surface area (Å²) in [5.41, 5.74) is 1.75. The van der Waals surface area contributed by atoms with E-state index in [0.29, 0.717) is 22.2 Å². The van der Waals surface area contributed by atoms with E-state index in [0.717, 1.165) is 9.87 Å². The van der Waals surface area contributed by atoms with E-state index >= 15 is 0 Å². The van der Waals surface area contributed by atoms with Gasteiger partial charge in [-0.3, -0.25) is 13.9 Å². The molecule has 3 aromatic carbocycles. The van der Waals surface area contributed by atoms with Gasteiger partial charge in [-0.15, -0.1) is 0 Å². The van der Waals surface area contributed by atoms with E-state index in [1.165, 1.54) is 23.1 Å². The third-order valence-corrected chi connectivity index (χ3v) is 8.53. The number of benzene rings is 3. The first-order chi connectivity index (χ1) is 18.4. The van der Waals surface area contributed by atoms with Crippen molar-refractivity contribution in [1.29, 1.82) is 0 Å². The number of carbonyl (C=O) groups is 2. The Hall–Kier alpha value is -3.07. The van der Waals surface area contributed by atoms with Gasteiger partial charge in [0.1, 0.15) is 12.6 Å². The van der Waals surface area contributed by atoms with Gasteiger partial charge in [0.05, 0.1) is 10.6 Å². The van der Waals surface area contributed by atoms with Crippen molar-refractivity contribution < 1.29 is 18.0 Å². The SMILES string of the molecule is Cc1ccc(S(=O)(=O)N(CC(=O)N(Cc2ccccc2Cl)[C@@H](C)C(=O)NCC(C)C)c2cccc(Cl)c2)cc1. The summed E-state index contributed by atoms with van der Waals surface area (Å²) >= 11 is 12.6. The zero-order chi connectivity index (χ0) is 28.7. The summed E-state index contributed by atoms with van der Waals surface area (Å²) in [4.78, 5) is 28.3. The minimum Gasteiger partial charge on any atom is -0.354 e. The summed E-state index contributed by atoms with van der Waals surface area (Å²) in [6, 6.07) is 18.8. The molecule has 0 heterocycles. The molecular weight excluding hydrogens is 557 g/mol. The highest BCUT2D eigenvalue weighted by Crippen LogP contribution is 2.27. The Balaban J connectivity index is 2.02. The molecule has 0 saturated carbocycles. The van der Waals surface area contributed by atoms with E-state index in [1.807, 2.05) is 20.8 Å². The summed E-state index contributed by atoms with van der Waals surface area (Å²) in [7, 11) is -4.16. The number of nitrogens with one attached hydrogen (secondary N) is 1. The largest absolute Gasteiger partial charge is 0.354 e. The number of rotatable bonds is 11. The van der Waals surface area contributed by atoms with Crippen molar-refractivity contribution in [2.24, 2.45) is 5.92 Å². The average Bonchev–Trinajstić information content (AvgIpc) is 2.89. The lowest BCUT2D eigenvalue weighted by atomic mass is 10.1. The van der Waals surface area contributed by atoms with Crippen molar-refractivity contribution in [3.63, 3.8) is 0 Å². The predicted molar refractivity (Wildman–Crippen MR) is 156 cm³/mol. The molecule has 2 amide bonds. The van der Waals surface area contributed by atoms with Crippen LogP contribution < -0.4 is 9.62 Å². The van der Waals surface area contributed by atoms with Crippen LogP contribution in [0, 0.1) is 12.8 Å². The number of hydrogen-bond acceptors (Lipinski definition) is 4. The fraction of sp³-hybridized carbons (Fsp3) is 0.310. The van der Waals surface area contributed by atoms with Gasteiger partial charge in [-0.1, -0.05) is 79.0 Å². The van der Waals surface area contributed by atoms with Crippen LogP contribution in [0.5, 0.6) is 0 Å². The van der Waals surface area contributed by atoms with Crippen molar-refractivity contribution in [2.75, 3.05) is 17.4 Å². The van der Waals surface area contributed by atoms with Crippen LogP contribution >= 0.6 is 23.2 Å². The van der Waals surface area contributed by atoms with Crippen LogP contribution in [-0.4, -0.2) is 44.3 Å². The lowest BCUT2D eigenvalue weighted by Gasteiger charge is -2.32. The first-order valence-corrected chi connectivity index (χ1v) is 14.7. The van der Waals surface area contributed by atoms with Crippen molar-refractivity contribution in [2.45, 2.75) is 45.2 Å². The fourth-order valence-electron chi connectivity index (χ4n) is 3.84. The Morgan fingerprint density at radius 3 is 2.21 bits per heavy atom. The van der Waals surface area contributed by atoms with Crippen LogP contribution in [0.25, 0.3) is 0 Å². The van der Waals surface area contributed by atoms with Gasteiger partial charge in [-0.05, 0) is 61.7 Å². The fourth-order valence-corrected chi connectivity index (χ4v) is 5.63. The van der Waals surface area contributed by atoms with E-state index in [1.54, 1.807) is 61.5 Å². The number of halogens is 2. The van der Waals surface area contributed by atoms with E-state index in [9.17, 15) is 18.0 Å². The Labute approximate surface area is 240 Å². The van der Waals surface area contributed by atoms with Crippen LogP contribution in [0.1, 0.15) is 31.9 Å². The second-order valence-corrected chi connectivity index (χ2v) is 12.4. The second kappa shape index (κ2) is 13.3. The third kappa shape index (κ3) is 7.97. The normalized spacial score (nSPS) is 12.2. The van der Waals surface area contributed by atoms with Gasteiger partial charge in [0, 0.05) is 23.1 Å². The highest BCUT2D eigenvalue weighted by atomic mass is 35.5. The Kier molecular flexibility index (Phi) is 10.4. The van der Waals surface area contributed by atoms with Gasteiger partial charge >= 0.3 is 0 Å². The molecule has 1 atom stereocenters. The van der Waals surface area contributed by atoms with Crippen molar-refractivity contribution in [3.8, 4) is 0 Å². The molecule has 10 heteroatoms. The Morgan fingerprint density at radius 2 is 1.59 bits per heavy atom. The number of aryl methyl sites for hydroxylation is 1. The molecule has 0 aliphatic heterocycles. The topological polar surface area (TPSA) is 86.8 Å². The van der Waals surface area contributed by atoms with Gasteiger partial charge < -0.3 is 10.2 Å². The maximum Gasteiger partial charge on any atom is 0.264 e. The van der Waals surface area contributed by atoms with Gasteiger partial charge in [0.25, 0.3) is 10.0 Å². The highest BCUT2D eigenvalue weighted by molar-refractivity contribution is 7.92. The molecule has 208 valence electrons. The molecule has 1 N–H and O–H groups in total. The molecule has 0 aliphatic rings. The number of hydrogen-bond donors (Lipinski definition) is 1. The zero-order valence-corrected chi connectivity index (χ0v) is 24.7. The lowest BCUT2D eigenvalue weighted by Crippen LogP contribution is -2.51. The molecular formula is C29H33Cl2N3O4S. The summed E-state index contributed by atoms with van der Waals surface area (Å²) < 4.78 is 28.7. The summed E-state index contributed by atoms with van der Waals surface area (Å²) in [5, 5.41) is 3.61. The number of nitrogens with zero attached hydrogens (tertiary/aromatic N) is 2. The molecule has 0 unspecified atom stereocenters. The van der Waals surface area contributed by atoms with Crippen LogP contribution in [-0.2, 0) is 26.2 Å². The Morgan fingerprint density at radius 1 is 0.923 bits per heavy atom. The smallest absolute Gasteiger partial charge is 0.264 e. The van der Waals surface area contributed by atoms with Crippen LogP contribution in [0.15, 0.2) is 77.7 Å². The van der Waals surface area contributed by atoms with Gasteiger partial charge in [0.15, 0.2) is 0 Å². The maximum atomic E-state index is 13.9. The zero-order valence-electron chi connectivity index (χ0n) is 22.4. The maximum absolute atomic E-state index is 13.9. The molecule has 0 fully saturated rings. The molecule has 39 heavy (non-hydrogen) atoms. The van der Waals surface area contributed by atoms with E-state index in [-0.39, 0.29) is 29.0 Å². The number of sulfonamides is 1. The molecule has 7 nitrogen and oxygen atoms in total. The van der Waals surface area contributed by atoms with Gasteiger partial charge in [-0.25, -0.2) is 8.42 Å². The number of carbonyl (C=O) groups excluding carboxylic acids is 2. The molecule has 3 aromatic rings. The van der Waals surface area contributed by atoms with E-state index in [2.05, 4.69) is 5.32 Å². The average molecular weight is 591 g/mol. The molecule has 0 spiro atoms. The molecule has 3 rings (SSSR count). The van der Waals surface area contributed by atoms with Crippen molar-refractivity contribution in [3.05, 3.63) is 94.0 Å². The second-order valence-electron chi connectivity index (χ2n) is 9.73. The van der Waals surface area contributed by atoms with Crippen LogP contribution in [0.4, 0.5) is 5.69 Å². The van der Waals surface area contributed by atoms with Crippen molar-refractivity contribution in [1.82, 2.24) is 10.2 Å². The Bertz CT molecular complexity index is 1410. The highest BCUT2D eigenvalue weighted by Gasteiger charge is 2.33.